The number of rotatable bonds is 3. The number of anilines is 1. The van der Waals surface area contributed by atoms with Gasteiger partial charge in [-0.1, -0.05) is 0 Å². The highest BCUT2D eigenvalue weighted by molar-refractivity contribution is 9.11. The van der Waals surface area contributed by atoms with Gasteiger partial charge >= 0.3 is 0 Å². The maximum atomic E-state index is 4.24. The predicted octanol–water partition coefficient (Wildman–Crippen LogP) is 4.28. The molecule has 1 N–H and O–H groups in total. The molecule has 0 saturated carbocycles. The van der Waals surface area contributed by atoms with Crippen molar-refractivity contribution in [1.82, 2.24) is 4.98 Å². The van der Waals surface area contributed by atoms with Crippen molar-refractivity contribution >= 4 is 49.0 Å². The van der Waals surface area contributed by atoms with Crippen LogP contribution in [0.2, 0.25) is 0 Å². The first-order valence-corrected chi connectivity index (χ1v) is 6.74. The minimum atomic E-state index is 0.798. The normalized spacial score (nSPS) is 10.3. The van der Waals surface area contributed by atoms with Gasteiger partial charge in [-0.05, 0) is 56.1 Å². The Morgan fingerprint density at radius 3 is 2.80 bits per heavy atom. The SMILES string of the molecule is Brc1ccc(CNc2ncccc2Br)s1. The van der Waals surface area contributed by atoms with Crippen LogP contribution in [-0.2, 0) is 6.54 Å². The number of hydrogen-bond acceptors (Lipinski definition) is 3. The molecule has 2 nitrogen and oxygen atoms in total. The summed E-state index contributed by atoms with van der Waals surface area (Å²) < 4.78 is 2.14. The zero-order chi connectivity index (χ0) is 10.7. The van der Waals surface area contributed by atoms with Crippen LogP contribution >= 0.6 is 43.2 Å². The summed E-state index contributed by atoms with van der Waals surface area (Å²) in [5, 5.41) is 3.27. The molecule has 0 fully saturated rings. The molecule has 5 heteroatoms. The lowest BCUT2D eigenvalue weighted by Gasteiger charge is -2.04. The molecule has 0 aliphatic heterocycles. The second-order valence-electron chi connectivity index (χ2n) is 2.89. The number of nitrogens with one attached hydrogen (secondary N) is 1. The lowest BCUT2D eigenvalue weighted by Crippen LogP contribution is -1.99. The molecule has 0 radical (unpaired) electrons. The van der Waals surface area contributed by atoms with Crippen molar-refractivity contribution in [2.45, 2.75) is 6.54 Å². The van der Waals surface area contributed by atoms with E-state index < -0.39 is 0 Å². The molecular weight excluding hydrogens is 340 g/mol. The van der Waals surface area contributed by atoms with Crippen molar-refractivity contribution in [3.8, 4) is 0 Å². The van der Waals surface area contributed by atoms with Crippen molar-refractivity contribution in [1.29, 1.82) is 0 Å². The molecule has 2 aromatic heterocycles. The van der Waals surface area contributed by atoms with Gasteiger partial charge < -0.3 is 5.32 Å². The van der Waals surface area contributed by atoms with E-state index in [0.29, 0.717) is 0 Å². The summed E-state index contributed by atoms with van der Waals surface area (Å²) in [5.74, 6) is 0.877. The van der Waals surface area contributed by atoms with Gasteiger partial charge in [-0.2, -0.15) is 0 Å². The Bertz CT molecular complexity index is 456. The molecule has 0 saturated heterocycles. The van der Waals surface area contributed by atoms with Crippen molar-refractivity contribution in [3.05, 3.63) is 43.6 Å². The Morgan fingerprint density at radius 2 is 2.13 bits per heavy atom. The fourth-order valence-electron chi connectivity index (χ4n) is 1.13. The van der Waals surface area contributed by atoms with Crippen molar-refractivity contribution in [3.63, 3.8) is 0 Å². The molecule has 0 unspecified atom stereocenters. The highest BCUT2D eigenvalue weighted by atomic mass is 79.9. The van der Waals surface area contributed by atoms with E-state index in [2.05, 4.69) is 54.3 Å². The standard InChI is InChI=1S/C10H8Br2N2S/c11-8-2-1-5-13-10(8)14-6-7-3-4-9(12)15-7/h1-5H,6H2,(H,13,14). The molecule has 0 aliphatic rings. The molecule has 0 amide bonds. The number of nitrogens with zero attached hydrogens (tertiary/aromatic N) is 1. The van der Waals surface area contributed by atoms with Crippen LogP contribution in [0.1, 0.15) is 4.88 Å². The molecule has 0 aliphatic carbocycles. The lowest BCUT2D eigenvalue weighted by molar-refractivity contribution is 1.13. The summed E-state index contributed by atoms with van der Waals surface area (Å²) in [6.07, 6.45) is 1.78. The van der Waals surface area contributed by atoms with Crippen LogP contribution in [0.5, 0.6) is 0 Å². The summed E-state index contributed by atoms with van der Waals surface area (Å²) in [5.41, 5.74) is 0. The van der Waals surface area contributed by atoms with Crippen LogP contribution in [0, 0.1) is 0 Å². The zero-order valence-corrected chi connectivity index (χ0v) is 11.7. The van der Waals surface area contributed by atoms with E-state index in [0.717, 1.165) is 20.6 Å². The molecule has 78 valence electrons. The Hall–Kier alpha value is -0.390. The average molecular weight is 348 g/mol. The number of thiophene rings is 1. The quantitative estimate of drug-likeness (QED) is 0.896. The van der Waals surface area contributed by atoms with E-state index in [1.165, 1.54) is 4.88 Å². The van der Waals surface area contributed by atoms with E-state index in [1.54, 1.807) is 17.5 Å². The molecule has 2 heterocycles. The maximum Gasteiger partial charge on any atom is 0.140 e. The van der Waals surface area contributed by atoms with Crippen molar-refractivity contribution in [2.75, 3.05) is 5.32 Å². The Labute approximate surface area is 109 Å². The number of hydrogen-bond donors (Lipinski definition) is 1. The fourth-order valence-corrected chi connectivity index (χ4v) is 2.95. The van der Waals surface area contributed by atoms with Crippen LogP contribution in [-0.4, -0.2) is 4.98 Å². The van der Waals surface area contributed by atoms with Crippen LogP contribution in [0.4, 0.5) is 5.82 Å². The smallest absolute Gasteiger partial charge is 0.140 e. The summed E-state index contributed by atoms with van der Waals surface area (Å²) in [7, 11) is 0. The third kappa shape index (κ3) is 3.03. The van der Waals surface area contributed by atoms with Gasteiger partial charge in [0.15, 0.2) is 0 Å². The molecule has 0 aromatic carbocycles. The average Bonchev–Trinajstić information content (AvgIpc) is 2.63. The maximum absolute atomic E-state index is 4.24. The van der Waals surface area contributed by atoms with Gasteiger partial charge in [-0.15, -0.1) is 11.3 Å². The Balaban J connectivity index is 2.02. The van der Waals surface area contributed by atoms with Gasteiger partial charge in [0.25, 0.3) is 0 Å². The van der Waals surface area contributed by atoms with E-state index in [9.17, 15) is 0 Å². The minimum Gasteiger partial charge on any atom is -0.364 e. The Kier molecular flexibility index (Phi) is 3.77. The number of pyridine rings is 1. The van der Waals surface area contributed by atoms with Crippen LogP contribution < -0.4 is 5.32 Å². The van der Waals surface area contributed by atoms with Crippen LogP contribution in [0.15, 0.2) is 38.7 Å². The molecule has 0 spiro atoms. The van der Waals surface area contributed by atoms with Crippen molar-refractivity contribution in [2.24, 2.45) is 0 Å². The van der Waals surface area contributed by atoms with Gasteiger partial charge in [-0.25, -0.2) is 4.98 Å². The summed E-state index contributed by atoms with van der Waals surface area (Å²) in [6.45, 7) is 0.798. The zero-order valence-electron chi connectivity index (χ0n) is 7.71. The molecule has 2 rings (SSSR count). The van der Waals surface area contributed by atoms with E-state index in [-0.39, 0.29) is 0 Å². The highest BCUT2D eigenvalue weighted by Crippen LogP contribution is 2.24. The number of aromatic nitrogens is 1. The van der Waals surface area contributed by atoms with E-state index in [1.807, 2.05) is 12.1 Å². The molecule has 0 atom stereocenters. The highest BCUT2D eigenvalue weighted by Gasteiger charge is 2.01. The van der Waals surface area contributed by atoms with Gasteiger partial charge in [0.1, 0.15) is 5.82 Å². The third-order valence-electron chi connectivity index (χ3n) is 1.82. The Morgan fingerprint density at radius 1 is 1.27 bits per heavy atom. The molecule has 15 heavy (non-hydrogen) atoms. The van der Waals surface area contributed by atoms with Gasteiger partial charge in [0.2, 0.25) is 0 Å². The molecule has 2 aromatic rings. The first-order valence-electron chi connectivity index (χ1n) is 4.34. The second kappa shape index (κ2) is 5.09. The first-order chi connectivity index (χ1) is 7.25. The topological polar surface area (TPSA) is 24.9 Å². The monoisotopic (exact) mass is 346 g/mol. The summed E-state index contributed by atoms with van der Waals surface area (Å²) in [4.78, 5) is 5.51. The van der Waals surface area contributed by atoms with Gasteiger partial charge in [0.05, 0.1) is 14.8 Å². The van der Waals surface area contributed by atoms with Crippen molar-refractivity contribution < 1.29 is 0 Å². The molecular formula is C10H8Br2N2S. The minimum absolute atomic E-state index is 0.798. The third-order valence-corrected chi connectivity index (χ3v) is 4.08. The van der Waals surface area contributed by atoms with Crippen LogP contribution in [0.3, 0.4) is 0 Å². The predicted molar refractivity (Wildman–Crippen MR) is 71.3 cm³/mol. The first kappa shape index (κ1) is 11.1. The lowest BCUT2D eigenvalue weighted by atomic mass is 10.4. The largest absolute Gasteiger partial charge is 0.364 e. The van der Waals surface area contributed by atoms with Gasteiger partial charge in [-0.3, -0.25) is 0 Å². The summed E-state index contributed by atoms with van der Waals surface area (Å²) in [6, 6.07) is 8.02. The molecule has 0 bridgehead atoms. The van der Waals surface area contributed by atoms with E-state index in [4.69, 9.17) is 0 Å². The van der Waals surface area contributed by atoms with Crippen LogP contribution in [0.25, 0.3) is 0 Å². The van der Waals surface area contributed by atoms with Gasteiger partial charge in [0, 0.05) is 11.1 Å². The van der Waals surface area contributed by atoms with E-state index >= 15 is 0 Å². The summed E-state index contributed by atoms with van der Waals surface area (Å²) >= 11 is 8.61. The second-order valence-corrected chi connectivity index (χ2v) is 6.30. The fraction of sp³-hybridized carbons (Fsp3) is 0.100. The number of halogens is 2.